The molecule has 3 N–H and O–H groups in total. The zero-order valence-electron chi connectivity index (χ0n) is 14.5. The van der Waals surface area contributed by atoms with Gasteiger partial charge in [-0.15, -0.1) is 0 Å². The van der Waals surface area contributed by atoms with Crippen LogP contribution in [0.15, 0.2) is 42.5 Å². The van der Waals surface area contributed by atoms with Gasteiger partial charge in [0, 0.05) is 36.8 Å². The lowest BCUT2D eigenvalue weighted by Gasteiger charge is -2.30. The van der Waals surface area contributed by atoms with Crippen molar-refractivity contribution in [2.75, 3.05) is 23.3 Å². The lowest BCUT2D eigenvalue weighted by molar-refractivity contribution is -0.385. The van der Waals surface area contributed by atoms with Crippen LogP contribution >= 0.6 is 0 Å². The number of hydrogen-bond acceptors (Lipinski definition) is 5. The molecule has 0 aliphatic carbocycles. The molecule has 1 aliphatic rings. The van der Waals surface area contributed by atoms with Gasteiger partial charge in [-0.3, -0.25) is 14.9 Å². The van der Waals surface area contributed by atoms with E-state index in [9.17, 15) is 14.9 Å². The topological polar surface area (TPSA) is 102 Å². The summed E-state index contributed by atoms with van der Waals surface area (Å²) in [6, 6.07) is 12.3. The van der Waals surface area contributed by atoms with Gasteiger partial charge in [0.05, 0.1) is 16.3 Å². The third kappa shape index (κ3) is 3.93. The molecule has 1 aliphatic heterocycles. The number of piperidine rings is 1. The molecular formula is C19H22N4O3. The van der Waals surface area contributed by atoms with Gasteiger partial charge in [-0.05, 0) is 43.5 Å². The van der Waals surface area contributed by atoms with Crippen molar-refractivity contribution in [3.05, 3.63) is 63.7 Å². The molecule has 0 spiro atoms. The highest BCUT2D eigenvalue weighted by Crippen LogP contribution is 2.29. The van der Waals surface area contributed by atoms with Gasteiger partial charge in [0.2, 0.25) is 5.91 Å². The summed E-state index contributed by atoms with van der Waals surface area (Å²) in [4.78, 5) is 24.5. The van der Waals surface area contributed by atoms with E-state index in [0.717, 1.165) is 24.5 Å². The van der Waals surface area contributed by atoms with E-state index < -0.39 is 10.8 Å². The largest absolute Gasteiger partial charge is 0.379 e. The molecule has 1 fully saturated rings. The number of nitrogens with two attached hydrogens (primary N) is 1. The van der Waals surface area contributed by atoms with Crippen LogP contribution in [-0.4, -0.2) is 23.9 Å². The van der Waals surface area contributed by atoms with Crippen molar-refractivity contribution < 1.29 is 9.72 Å². The number of nitrogens with one attached hydrogen (secondary N) is 1. The Kier molecular flexibility index (Phi) is 5.36. The summed E-state index contributed by atoms with van der Waals surface area (Å²) in [7, 11) is 0. The number of benzene rings is 2. The lowest BCUT2D eigenvalue weighted by atomic mass is 10.1. The normalized spacial score (nSPS) is 14.1. The Bertz CT molecular complexity index is 816. The van der Waals surface area contributed by atoms with E-state index in [0.29, 0.717) is 12.1 Å². The van der Waals surface area contributed by atoms with Crippen LogP contribution < -0.4 is 16.0 Å². The average Bonchev–Trinajstić information content (AvgIpc) is 2.67. The summed E-state index contributed by atoms with van der Waals surface area (Å²) in [5.41, 5.74) is 7.81. The standard InChI is InChI=1S/C19H22N4O3/c20-19(24)14-8-9-15(18(12-14)23(25)26)13-21-16-6-2-3-7-17(16)22-10-4-1-5-11-22/h2-3,6-9,12,21H,1,4-5,10-11,13H2,(H2,20,24). The number of rotatable bonds is 6. The predicted octanol–water partition coefficient (Wildman–Crippen LogP) is 3.30. The van der Waals surface area contributed by atoms with Gasteiger partial charge in [-0.1, -0.05) is 12.1 Å². The Hall–Kier alpha value is -3.09. The first-order chi connectivity index (χ1) is 12.6. The Balaban J connectivity index is 1.81. The van der Waals surface area contributed by atoms with Crippen molar-refractivity contribution >= 4 is 23.0 Å². The first-order valence-corrected chi connectivity index (χ1v) is 8.71. The molecule has 2 aromatic rings. The quantitative estimate of drug-likeness (QED) is 0.612. The smallest absolute Gasteiger partial charge is 0.275 e. The molecular weight excluding hydrogens is 332 g/mol. The molecule has 0 atom stereocenters. The molecule has 26 heavy (non-hydrogen) atoms. The van der Waals surface area contributed by atoms with Gasteiger partial charge in [0.1, 0.15) is 0 Å². The van der Waals surface area contributed by atoms with Crippen LogP contribution in [0, 0.1) is 10.1 Å². The maximum absolute atomic E-state index is 11.3. The van der Waals surface area contributed by atoms with E-state index in [1.807, 2.05) is 18.2 Å². The van der Waals surface area contributed by atoms with Gasteiger partial charge in [0.15, 0.2) is 0 Å². The highest BCUT2D eigenvalue weighted by atomic mass is 16.6. The predicted molar refractivity (Wildman–Crippen MR) is 101 cm³/mol. The maximum Gasteiger partial charge on any atom is 0.275 e. The van der Waals surface area contributed by atoms with Crippen molar-refractivity contribution in [2.24, 2.45) is 5.73 Å². The van der Waals surface area contributed by atoms with Crippen molar-refractivity contribution in [1.82, 2.24) is 0 Å². The monoisotopic (exact) mass is 354 g/mol. The van der Waals surface area contributed by atoms with Crippen LogP contribution in [0.2, 0.25) is 0 Å². The van der Waals surface area contributed by atoms with Gasteiger partial charge in [0.25, 0.3) is 5.69 Å². The number of nitrogens with zero attached hydrogens (tertiary/aromatic N) is 2. The van der Waals surface area contributed by atoms with Crippen LogP contribution in [0.5, 0.6) is 0 Å². The molecule has 1 saturated heterocycles. The van der Waals surface area contributed by atoms with Gasteiger partial charge < -0.3 is 16.0 Å². The van der Waals surface area contributed by atoms with Gasteiger partial charge in [-0.25, -0.2) is 0 Å². The summed E-state index contributed by atoms with van der Waals surface area (Å²) in [6.45, 7) is 2.33. The second kappa shape index (κ2) is 7.86. The van der Waals surface area contributed by atoms with Crippen molar-refractivity contribution in [3.63, 3.8) is 0 Å². The number of carbonyl (C=O) groups excluding carboxylic acids is 1. The highest BCUT2D eigenvalue weighted by molar-refractivity contribution is 5.93. The Labute approximate surface area is 152 Å². The zero-order chi connectivity index (χ0) is 18.5. The van der Waals surface area contributed by atoms with Crippen LogP contribution in [0.3, 0.4) is 0 Å². The summed E-state index contributed by atoms with van der Waals surface area (Å²) < 4.78 is 0. The number of para-hydroxylation sites is 2. The minimum absolute atomic E-state index is 0.107. The Morgan fingerprint density at radius 3 is 2.58 bits per heavy atom. The third-order valence-electron chi connectivity index (χ3n) is 4.64. The molecule has 0 unspecified atom stereocenters. The number of amides is 1. The van der Waals surface area contributed by atoms with E-state index in [4.69, 9.17) is 5.73 Å². The van der Waals surface area contributed by atoms with Crippen LogP contribution in [0.1, 0.15) is 35.2 Å². The summed E-state index contributed by atoms with van der Waals surface area (Å²) in [6.07, 6.45) is 3.60. The van der Waals surface area contributed by atoms with Crippen molar-refractivity contribution in [3.8, 4) is 0 Å². The number of nitro benzene ring substituents is 1. The molecule has 3 rings (SSSR count). The van der Waals surface area contributed by atoms with E-state index in [1.54, 1.807) is 6.07 Å². The minimum Gasteiger partial charge on any atom is -0.379 e. The molecule has 0 radical (unpaired) electrons. The third-order valence-corrected chi connectivity index (χ3v) is 4.64. The second-order valence-corrected chi connectivity index (χ2v) is 6.38. The van der Waals surface area contributed by atoms with E-state index >= 15 is 0 Å². The average molecular weight is 354 g/mol. The molecule has 0 bridgehead atoms. The minimum atomic E-state index is -0.678. The fourth-order valence-electron chi connectivity index (χ4n) is 3.26. The fraction of sp³-hybridized carbons (Fsp3) is 0.316. The van der Waals surface area contributed by atoms with E-state index in [2.05, 4.69) is 16.3 Å². The molecule has 136 valence electrons. The molecule has 1 amide bonds. The van der Waals surface area contributed by atoms with Crippen molar-refractivity contribution in [1.29, 1.82) is 0 Å². The zero-order valence-corrected chi connectivity index (χ0v) is 14.5. The number of nitro groups is 1. The Morgan fingerprint density at radius 2 is 1.88 bits per heavy atom. The highest BCUT2D eigenvalue weighted by Gasteiger charge is 2.18. The number of anilines is 2. The lowest BCUT2D eigenvalue weighted by Crippen LogP contribution is -2.30. The molecule has 1 heterocycles. The van der Waals surface area contributed by atoms with Gasteiger partial charge in [-0.2, -0.15) is 0 Å². The summed E-state index contributed by atoms with van der Waals surface area (Å²) >= 11 is 0. The Morgan fingerprint density at radius 1 is 1.15 bits per heavy atom. The molecule has 7 nitrogen and oxygen atoms in total. The summed E-state index contributed by atoms with van der Waals surface area (Å²) in [5, 5.41) is 14.6. The SMILES string of the molecule is NC(=O)c1ccc(CNc2ccccc2N2CCCCC2)c([N+](=O)[O-])c1. The number of primary amides is 1. The molecule has 0 saturated carbocycles. The van der Waals surface area contributed by atoms with E-state index in [-0.39, 0.29) is 11.3 Å². The van der Waals surface area contributed by atoms with Crippen LogP contribution in [0.4, 0.5) is 17.1 Å². The number of carbonyl (C=O) groups is 1. The van der Waals surface area contributed by atoms with Crippen LogP contribution in [-0.2, 0) is 6.54 Å². The van der Waals surface area contributed by atoms with E-state index in [1.165, 1.54) is 31.4 Å². The molecule has 7 heteroatoms. The molecule has 0 aromatic heterocycles. The first-order valence-electron chi connectivity index (χ1n) is 8.71. The molecule has 2 aromatic carbocycles. The van der Waals surface area contributed by atoms with Crippen LogP contribution in [0.25, 0.3) is 0 Å². The van der Waals surface area contributed by atoms with Gasteiger partial charge >= 0.3 is 0 Å². The fourth-order valence-corrected chi connectivity index (χ4v) is 3.26. The number of hydrogen-bond donors (Lipinski definition) is 2. The van der Waals surface area contributed by atoms with Crippen molar-refractivity contribution in [2.45, 2.75) is 25.8 Å². The second-order valence-electron chi connectivity index (χ2n) is 6.38. The summed E-state index contributed by atoms with van der Waals surface area (Å²) in [5.74, 6) is -0.678. The first kappa shape index (κ1) is 17.7. The maximum atomic E-state index is 11.3.